The van der Waals surface area contributed by atoms with Crippen LogP contribution >= 0.6 is 0 Å². The number of carbonyl (C=O) groups excluding carboxylic acids is 2. The Morgan fingerprint density at radius 3 is 2.23 bits per heavy atom. The monoisotopic (exact) mass is 381 g/mol. The Morgan fingerprint density at radius 2 is 1.69 bits per heavy atom. The number of hydrogen-bond donors (Lipinski definition) is 1. The lowest BCUT2D eigenvalue weighted by atomic mass is 10.1. The van der Waals surface area contributed by atoms with Crippen LogP contribution in [0.4, 0.5) is 10.1 Å². The van der Waals surface area contributed by atoms with Gasteiger partial charge >= 0.3 is 5.97 Å². The lowest BCUT2D eigenvalue weighted by Crippen LogP contribution is -2.15. The van der Waals surface area contributed by atoms with E-state index in [4.69, 9.17) is 9.47 Å². The molecule has 0 heterocycles. The SMILES string of the molecule is COc1ccc(C(=O)COC(=O)c2ccc(NS(C)(=O)=O)cc2)cc1F. The van der Waals surface area contributed by atoms with Gasteiger partial charge in [0.2, 0.25) is 10.0 Å². The van der Waals surface area contributed by atoms with Crippen molar-refractivity contribution < 1.29 is 31.9 Å². The van der Waals surface area contributed by atoms with Gasteiger partial charge < -0.3 is 9.47 Å². The van der Waals surface area contributed by atoms with E-state index in [1.165, 1.54) is 43.5 Å². The highest BCUT2D eigenvalue weighted by molar-refractivity contribution is 7.92. The van der Waals surface area contributed by atoms with Crippen molar-refractivity contribution in [3.63, 3.8) is 0 Å². The van der Waals surface area contributed by atoms with Gasteiger partial charge in [-0.3, -0.25) is 9.52 Å². The smallest absolute Gasteiger partial charge is 0.338 e. The Morgan fingerprint density at radius 1 is 1.08 bits per heavy atom. The van der Waals surface area contributed by atoms with Crippen LogP contribution in [-0.4, -0.2) is 40.1 Å². The number of esters is 1. The van der Waals surface area contributed by atoms with Crippen LogP contribution in [0.2, 0.25) is 0 Å². The van der Waals surface area contributed by atoms with E-state index in [9.17, 15) is 22.4 Å². The van der Waals surface area contributed by atoms with Gasteiger partial charge in [0.25, 0.3) is 0 Å². The molecule has 0 saturated carbocycles. The van der Waals surface area contributed by atoms with Gasteiger partial charge in [0, 0.05) is 11.3 Å². The molecule has 0 fully saturated rings. The molecule has 0 amide bonds. The minimum absolute atomic E-state index is 0.00124. The number of sulfonamides is 1. The Bertz CT molecular complexity index is 925. The minimum atomic E-state index is -3.42. The summed E-state index contributed by atoms with van der Waals surface area (Å²) >= 11 is 0. The van der Waals surface area contributed by atoms with Crippen LogP contribution in [0, 0.1) is 5.82 Å². The molecule has 138 valence electrons. The van der Waals surface area contributed by atoms with Crippen LogP contribution in [0.15, 0.2) is 42.5 Å². The van der Waals surface area contributed by atoms with Gasteiger partial charge in [0.15, 0.2) is 24.0 Å². The summed E-state index contributed by atoms with van der Waals surface area (Å²) in [4.78, 5) is 23.9. The molecule has 0 aromatic heterocycles. The molecule has 0 atom stereocenters. The molecule has 0 aliphatic rings. The summed E-state index contributed by atoms with van der Waals surface area (Å²) in [7, 11) is -2.12. The maximum Gasteiger partial charge on any atom is 0.338 e. The quantitative estimate of drug-likeness (QED) is 0.583. The number of nitrogens with one attached hydrogen (secondary N) is 1. The van der Waals surface area contributed by atoms with Crippen molar-refractivity contribution in [3.05, 3.63) is 59.4 Å². The molecule has 2 aromatic carbocycles. The fraction of sp³-hybridized carbons (Fsp3) is 0.176. The van der Waals surface area contributed by atoms with Crippen LogP contribution in [0.5, 0.6) is 5.75 Å². The standard InChI is InChI=1S/C17H16FNO6S/c1-24-16-8-5-12(9-14(16)18)15(20)10-25-17(21)11-3-6-13(7-4-11)19-26(2,22)23/h3-9,19H,10H2,1-2H3. The molecule has 0 radical (unpaired) electrons. The van der Waals surface area contributed by atoms with E-state index in [2.05, 4.69) is 4.72 Å². The highest BCUT2D eigenvalue weighted by Crippen LogP contribution is 2.18. The zero-order valence-corrected chi connectivity index (χ0v) is 14.8. The Balaban J connectivity index is 1.97. The molecule has 26 heavy (non-hydrogen) atoms. The first-order chi connectivity index (χ1) is 12.2. The van der Waals surface area contributed by atoms with Gasteiger partial charge in [-0.15, -0.1) is 0 Å². The molecule has 2 aromatic rings. The van der Waals surface area contributed by atoms with E-state index in [1.54, 1.807) is 0 Å². The van der Waals surface area contributed by atoms with Gasteiger partial charge in [-0.05, 0) is 42.5 Å². The van der Waals surface area contributed by atoms with E-state index < -0.39 is 34.2 Å². The highest BCUT2D eigenvalue weighted by atomic mass is 32.2. The normalized spacial score (nSPS) is 10.9. The first kappa shape index (κ1) is 19.4. The first-order valence-electron chi connectivity index (χ1n) is 7.31. The lowest BCUT2D eigenvalue weighted by molar-refractivity contribution is 0.0474. The van der Waals surface area contributed by atoms with Crippen molar-refractivity contribution in [2.24, 2.45) is 0 Å². The second-order valence-corrected chi connectivity index (χ2v) is 7.05. The number of Topliss-reactive ketones (excluding diaryl/α,β-unsaturated/α-hetero) is 1. The zero-order chi connectivity index (χ0) is 19.3. The number of anilines is 1. The second-order valence-electron chi connectivity index (χ2n) is 5.30. The molecule has 0 spiro atoms. The van der Waals surface area contributed by atoms with E-state index in [0.717, 1.165) is 12.3 Å². The molecule has 0 bridgehead atoms. The van der Waals surface area contributed by atoms with Crippen LogP contribution < -0.4 is 9.46 Å². The zero-order valence-electron chi connectivity index (χ0n) is 14.0. The molecule has 0 saturated heterocycles. The molecule has 0 aliphatic heterocycles. The average Bonchev–Trinajstić information content (AvgIpc) is 2.58. The molecular formula is C17H16FNO6S. The van der Waals surface area contributed by atoms with Crippen LogP contribution in [0.3, 0.4) is 0 Å². The van der Waals surface area contributed by atoms with Crippen LogP contribution in [0.1, 0.15) is 20.7 Å². The number of methoxy groups -OCH3 is 1. The third kappa shape index (κ3) is 5.28. The maximum absolute atomic E-state index is 13.6. The molecular weight excluding hydrogens is 365 g/mol. The van der Waals surface area contributed by atoms with Crippen molar-refractivity contribution in [2.75, 3.05) is 24.7 Å². The van der Waals surface area contributed by atoms with Gasteiger partial charge in [0.1, 0.15) is 0 Å². The molecule has 0 aliphatic carbocycles. The summed E-state index contributed by atoms with van der Waals surface area (Å²) in [6.07, 6.45) is 1.00. The lowest BCUT2D eigenvalue weighted by Gasteiger charge is -2.07. The molecule has 9 heteroatoms. The van der Waals surface area contributed by atoms with E-state index in [-0.39, 0.29) is 22.6 Å². The van der Waals surface area contributed by atoms with E-state index >= 15 is 0 Å². The molecule has 2 rings (SSSR count). The minimum Gasteiger partial charge on any atom is -0.494 e. The predicted octanol–water partition coefficient (Wildman–Crippen LogP) is 2.25. The summed E-state index contributed by atoms with van der Waals surface area (Å²) in [6, 6.07) is 9.15. The van der Waals surface area contributed by atoms with Crippen molar-refractivity contribution in [3.8, 4) is 5.75 Å². The Kier molecular flexibility index (Phi) is 5.93. The first-order valence-corrected chi connectivity index (χ1v) is 9.20. The number of rotatable bonds is 7. The van der Waals surface area contributed by atoms with Gasteiger partial charge in [0.05, 0.1) is 18.9 Å². The van der Waals surface area contributed by atoms with Crippen LogP contribution in [-0.2, 0) is 14.8 Å². The summed E-state index contributed by atoms with van der Waals surface area (Å²) in [5.74, 6) is -2.03. The average molecular weight is 381 g/mol. The largest absolute Gasteiger partial charge is 0.494 e. The van der Waals surface area contributed by atoms with E-state index in [1.807, 2.05) is 0 Å². The van der Waals surface area contributed by atoms with Crippen molar-refractivity contribution in [1.29, 1.82) is 0 Å². The van der Waals surface area contributed by atoms with E-state index in [0.29, 0.717) is 0 Å². The number of benzene rings is 2. The number of carbonyl (C=O) groups is 2. The van der Waals surface area contributed by atoms with Crippen LogP contribution in [0.25, 0.3) is 0 Å². The van der Waals surface area contributed by atoms with Crippen molar-refractivity contribution in [2.45, 2.75) is 0 Å². The summed E-state index contributed by atoms with van der Waals surface area (Å²) < 4.78 is 47.8. The highest BCUT2D eigenvalue weighted by Gasteiger charge is 2.14. The predicted molar refractivity (Wildman–Crippen MR) is 92.5 cm³/mol. The van der Waals surface area contributed by atoms with Crippen molar-refractivity contribution >= 4 is 27.5 Å². The van der Waals surface area contributed by atoms with Gasteiger partial charge in [-0.2, -0.15) is 0 Å². The molecule has 1 N–H and O–H groups in total. The number of halogens is 1. The molecule has 0 unspecified atom stereocenters. The Hall–Kier alpha value is -2.94. The van der Waals surface area contributed by atoms with Gasteiger partial charge in [-0.25, -0.2) is 17.6 Å². The number of ketones is 1. The fourth-order valence-electron chi connectivity index (χ4n) is 2.03. The topological polar surface area (TPSA) is 98.8 Å². The number of hydrogen-bond acceptors (Lipinski definition) is 6. The molecule has 7 nitrogen and oxygen atoms in total. The third-order valence-electron chi connectivity index (χ3n) is 3.23. The summed E-state index contributed by atoms with van der Waals surface area (Å²) in [5.41, 5.74) is 0.468. The van der Waals surface area contributed by atoms with Crippen molar-refractivity contribution in [1.82, 2.24) is 0 Å². The summed E-state index contributed by atoms with van der Waals surface area (Å²) in [5, 5.41) is 0. The maximum atomic E-state index is 13.6. The second kappa shape index (κ2) is 7.96. The Labute approximate surface area is 149 Å². The summed E-state index contributed by atoms with van der Waals surface area (Å²) in [6.45, 7) is -0.562. The van der Waals surface area contributed by atoms with Gasteiger partial charge in [-0.1, -0.05) is 0 Å². The fourth-order valence-corrected chi connectivity index (χ4v) is 2.59. The number of ether oxygens (including phenoxy) is 2. The third-order valence-corrected chi connectivity index (χ3v) is 3.84.